The molecule has 2 amide bonds. The van der Waals surface area contributed by atoms with Crippen LogP contribution in [0.25, 0.3) is 0 Å². The van der Waals surface area contributed by atoms with E-state index in [0.717, 1.165) is 5.56 Å². The van der Waals surface area contributed by atoms with Gasteiger partial charge in [-0.25, -0.2) is 4.79 Å². The molecule has 2 heterocycles. The lowest BCUT2D eigenvalue weighted by molar-refractivity contribution is 0.0862. The molecule has 2 rings (SSSR count). The highest BCUT2D eigenvalue weighted by molar-refractivity contribution is 5.94. The van der Waals surface area contributed by atoms with Crippen molar-refractivity contribution in [1.29, 1.82) is 5.26 Å². The third kappa shape index (κ3) is 3.28. The van der Waals surface area contributed by atoms with Crippen molar-refractivity contribution in [3.63, 3.8) is 0 Å². The first-order valence-corrected chi connectivity index (χ1v) is 6.59. The molecule has 0 atom stereocenters. The van der Waals surface area contributed by atoms with E-state index < -0.39 is 11.6 Å². The molecule has 0 aromatic carbocycles. The summed E-state index contributed by atoms with van der Waals surface area (Å²) in [6.45, 7) is 2.29. The van der Waals surface area contributed by atoms with Crippen LogP contribution in [0.2, 0.25) is 0 Å². The highest BCUT2D eigenvalue weighted by Crippen LogP contribution is 2.22. The summed E-state index contributed by atoms with van der Waals surface area (Å²) in [6.07, 6.45) is 2.64. The van der Waals surface area contributed by atoms with E-state index in [1.54, 1.807) is 12.3 Å². The van der Waals surface area contributed by atoms with E-state index in [0.29, 0.717) is 5.56 Å². The first-order chi connectivity index (χ1) is 9.96. The van der Waals surface area contributed by atoms with Gasteiger partial charge in [-0.3, -0.25) is 9.78 Å². The zero-order valence-electron chi connectivity index (χ0n) is 11.7. The van der Waals surface area contributed by atoms with Crippen molar-refractivity contribution < 1.29 is 14.7 Å². The van der Waals surface area contributed by atoms with Gasteiger partial charge >= 0.3 is 6.09 Å². The van der Waals surface area contributed by atoms with Crippen LogP contribution in [0.15, 0.2) is 18.5 Å². The van der Waals surface area contributed by atoms with Crippen LogP contribution in [-0.2, 0) is 0 Å². The number of hydrogen-bond donors (Lipinski definition) is 2. The summed E-state index contributed by atoms with van der Waals surface area (Å²) >= 11 is 0. The fraction of sp³-hybridized carbons (Fsp3) is 0.429. The second kappa shape index (κ2) is 5.79. The van der Waals surface area contributed by atoms with Crippen molar-refractivity contribution in [3.05, 3.63) is 29.6 Å². The van der Waals surface area contributed by atoms with Gasteiger partial charge in [-0.15, -0.1) is 0 Å². The quantitative estimate of drug-likeness (QED) is 0.849. The number of carbonyl (C=O) groups excluding carboxylic acids is 1. The number of carboxylic acid groups (broad SMARTS) is 1. The van der Waals surface area contributed by atoms with Crippen molar-refractivity contribution in [1.82, 2.24) is 15.2 Å². The normalized spacial score (nSPS) is 16.9. The van der Waals surface area contributed by atoms with E-state index in [2.05, 4.69) is 16.4 Å². The van der Waals surface area contributed by atoms with Crippen LogP contribution in [0.3, 0.4) is 0 Å². The van der Waals surface area contributed by atoms with Crippen LogP contribution < -0.4 is 5.32 Å². The van der Waals surface area contributed by atoms with E-state index in [1.165, 1.54) is 11.1 Å². The van der Waals surface area contributed by atoms with Crippen LogP contribution in [0.1, 0.15) is 28.8 Å². The van der Waals surface area contributed by atoms with Gasteiger partial charge in [0.2, 0.25) is 0 Å². The van der Waals surface area contributed by atoms with Crippen LogP contribution in [0.5, 0.6) is 0 Å². The molecule has 110 valence electrons. The summed E-state index contributed by atoms with van der Waals surface area (Å²) in [5.41, 5.74) is 0.229. The van der Waals surface area contributed by atoms with E-state index in [4.69, 9.17) is 5.11 Å². The Kier molecular flexibility index (Phi) is 4.08. The first-order valence-electron chi connectivity index (χ1n) is 6.59. The summed E-state index contributed by atoms with van der Waals surface area (Å²) in [6, 6.07) is 3.81. The number of aryl methyl sites for hydroxylation is 1. The number of nitrogens with zero attached hydrogens (tertiary/aromatic N) is 3. The Hall–Kier alpha value is -2.62. The van der Waals surface area contributed by atoms with Crippen LogP contribution in [0, 0.1) is 18.3 Å². The topological polar surface area (TPSA) is 106 Å². The molecular formula is C14H16N4O3. The van der Waals surface area contributed by atoms with E-state index in [1.807, 2.05) is 6.92 Å². The van der Waals surface area contributed by atoms with Crippen molar-refractivity contribution in [2.75, 3.05) is 13.1 Å². The molecule has 7 nitrogen and oxygen atoms in total. The van der Waals surface area contributed by atoms with Gasteiger partial charge in [0.05, 0.1) is 11.6 Å². The third-order valence-electron chi connectivity index (χ3n) is 3.59. The Balaban J connectivity index is 2.08. The summed E-state index contributed by atoms with van der Waals surface area (Å²) in [5, 5.41) is 21.0. The second-order valence-electron chi connectivity index (χ2n) is 5.17. The minimum atomic E-state index is -1.02. The summed E-state index contributed by atoms with van der Waals surface area (Å²) in [4.78, 5) is 28.3. The van der Waals surface area contributed by atoms with E-state index in [9.17, 15) is 14.9 Å². The maximum absolute atomic E-state index is 12.2. The minimum absolute atomic E-state index is 0.231. The Morgan fingerprint density at radius 3 is 2.62 bits per heavy atom. The number of hydrogen-bond acceptors (Lipinski definition) is 4. The lowest BCUT2D eigenvalue weighted by atomic mass is 9.88. The molecular weight excluding hydrogens is 272 g/mol. The molecule has 7 heteroatoms. The number of amides is 2. The fourth-order valence-electron chi connectivity index (χ4n) is 2.31. The molecule has 1 fully saturated rings. The Morgan fingerprint density at radius 1 is 1.43 bits per heavy atom. The largest absolute Gasteiger partial charge is 0.465 e. The predicted octanol–water partition coefficient (Wildman–Crippen LogP) is 1.16. The van der Waals surface area contributed by atoms with Gasteiger partial charge in [0.1, 0.15) is 5.54 Å². The number of piperidine rings is 1. The predicted molar refractivity (Wildman–Crippen MR) is 73.6 cm³/mol. The number of likely N-dealkylation sites (tertiary alicyclic amines) is 1. The lowest BCUT2D eigenvalue weighted by Gasteiger charge is -2.36. The van der Waals surface area contributed by atoms with Crippen LogP contribution in [-0.4, -0.2) is 45.6 Å². The average Bonchev–Trinajstić information content (AvgIpc) is 2.47. The molecule has 1 aromatic heterocycles. The highest BCUT2D eigenvalue weighted by atomic mass is 16.4. The second-order valence-corrected chi connectivity index (χ2v) is 5.17. The van der Waals surface area contributed by atoms with Gasteiger partial charge in [-0.1, -0.05) is 0 Å². The number of pyridine rings is 1. The van der Waals surface area contributed by atoms with Gasteiger partial charge in [0.25, 0.3) is 5.91 Å². The van der Waals surface area contributed by atoms with Crippen molar-refractivity contribution in [3.8, 4) is 6.07 Å². The molecule has 1 saturated heterocycles. The standard InChI is InChI=1S/C14H16N4O3/c1-10-6-11(8-16-7-10)12(19)17-14(9-15)2-4-18(5-3-14)13(20)21/h6-8H,2-5H2,1H3,(H,17,19)(H,20,21). The number of nitriles is 1. The molecule has 0 radical (unpaired) electrons. The smallest absolute Gasteiger partial charge is 0.407 e. The number of rotatable bonds is 2. The maximum atomic E-state index is 12.2. The molecule has 1 aromatic rings. The summed E-state index contributed by atoms with van der Waals surface area (Å²) < 4.78 is 0. The highest BCUT2D eigenvalue weighted by Gasteiger charge is 2.37. The third-order valence-corrected chi connectivity index (χ3v) is 3.59. The van der Waals surface area contributed by atoms with Gasteiger partial charge in [0.15, 0.2) is 0 Å². The van der Waals surface area contributed by atoms with Crippen LogP contribution >= 0.6 is 0 Å². The van der Waals surface area contributed by atoms with Crippen molar-refractivity contribution in [2.45, 2.75) is 25.3 Å². The fourth-order valence-corrected chi connectivity index (χ4v) is 2.31. The minimum Gasteiger partial charge on any atom is -0.465 e. The molecule has 0 saturated carbocycles. The first kappa shape index (κ1) is 14.8. The van der Waals surface area contributed by atoms with Crippen molar-refractivity contribution in [2.24, 2.45) is 0 Å². The molecule has 1 aliphatic rings. The van der Waals surface area contributed by atoms with Crippen molar-refractivity contribution >= 4 is 12.0 Å². The Morgan fingerprint density at radius 2 is 2.10 bits per heavy atom. The molecule has 0 aliphatic carbocycles. The van der Waals surface area contributed by atoms with Gasteiger partial charge in [-0.05, 0) is 18.6 Å². The monoisotopic (exact) mass is 288 g/mol. The van der Waals surface area contributed by atoms with E-state index in [-0.39, 0.29) is 31.8 Å². The maximum Gasteiger partial charge on any atom is 0.407 e. The van der Waals surface area contributed by atoms with E-state index >= 15 is 0 Å². The Labute approximate surface area is 122 Å². The molecule has 2 N–H and O–H groups in total. The molecule has 0 unspecified atom stereocenters. The molecule has 1 aliphatic heterocycles. The molecule has 21 heavy (non-hydrogen) atoms. The van der Waals surface area contributed by atoms with Crippen LogP contribution in [0.4, 0.5) is 4.79 Å². The van der Waals surface area contributed by atoms with Gasteiger partial charge in [0, 0.05) is 38.3 Å². The zero-order valence-corrected chi connectivity index (χ0v) is 11.7. The molecule has 0 bridgehead atoms. The number of carbonyl (C=O) groups is 2. The lowest BCUT2D eigenvalue weighted by Crippen LogP contribution is -2.55. The zero-order chi connectivity index (χ0) is 15.5. The van der Waals surface area contributed by atoms with Gasteiger partial charge < -0.3 is 15.3 Å². The number of aromatic nitrogens is 1. The number of nitrogens with one attached hydrogen (secondary N) is 1. The molecule has 0 spiro atoms. The average molecular weight is 288 g/mol. The SMILES string of the molecule is Cc1cncc(C(=O)NC2(C#N)CCN(C(=O)O)CC2)c1. The summed E-state index contributed by atoms with van der Waals surface area (Å²) in [7, 11) is 0. The summed E-state index contributed by atoms with van der Waals surface area (Å²) in [5.74, 6) is -0.364. The Bertz CT molecular complexity index is 600. The van der Waals surface area contributed by atoms with Gasteiger partial charge in [-0.2, -0.15) is 5.26 Å².